The monoisotopic (exact) mass is 515 g/mol. The maximum absolute atomic E-state index is 13.2. The van der Waals surface area contributed by atoms with Crippen molar-refractivity contribution in [3.05, 3.63) is 86.0 Å². The van der Waals surface area contributed by atoms with Gasteiger partial charge in [-0.15, -0.1) is 22.7 Å². The summed E-state index contributed by atoms with van der Waals surface area (Å²) in [5.74, 6) is -0.262. The Labute approximate surface area is 206 Å². The van der Waals surface area contributed by atoms with Crippen LogP contribution < -0.4 is 5.32 Å². The Morgan fingerprint density at radius 1 is 0.875 bits per heavy atom. The molecule has 0 atom stereocenters. The van der Waals surface area contributed by atoms with Crippen molar-refractivity contribution in [3.8, 4) is 21.8 Å². The Balaban J connectivity index is 1.49. The first kappa shape index (κ1) is 21.4. The number of aromatic nitrogens is 2. The number of para-hydroxylation sites is 1. The molecule has 0 unspecified atom stereocenters. The fraction of sp³-hybridized carbons (Fsp3) is 0. The summed E-state index contributed by atoms with van der Waals surface area (Å²) in [4.78, 5) is 23.4. The molecule has 0 fully saturated rings. The molecule has 0 aliphatic carbocycles. The number of halogens is 3. The number of hydrogen-bond acceptors (Lipinski definition) is 5. The SMILES string of the molecule is O=C(Nc1nc(-c2ccc(Cl)c(Cl)c2)cs1)c1cc(-c2ccc(Cl)s2)nc2ccccc12. The molecule has 9 heteroatoms. The average Bonchev–Trinajstić information content (AvgIpc) is 3.44. The van der Waals surface area contributed by atoms with Gasteiger partial charge in [-0.25, -0.2) is 9.97 Å². The Hall–Kier alpha value is -2.48. The van der Waals surface area contributed by atoms with E-state index in [1.54, 1.807) is 18.2 Å². The lowest BCUT2D eigenvalue weighted by atomic mass is 10.1. The van der Waals surface area contributed by atoms with E-state index in [1.165, 1.54) is 22.7 Å². The zero-order valence-electron chi connectivity index (χ0n) is 16.1. The fourth-order valence-corrected chi connectivity index (χ4v) is 5.24. The molecule has 3 heterocycles. The molecule has 0 radical (unpaired) electrons. The first-order chi connectivity index (χ1) is 15.5. The fourth-order valence-electron chi connectivity index (χ4n) is 3.23. The number of thiazole rings is 1. The van der Waals surface area contributed by atoms with Gasteiger partial charge in [0.1, 0.15) is 0 Å². The van der Waals surface area contributed by atoms with Crippen molar-refractivity contribution in [2.45, 2.75) is 0 Å². The number of fused-ring (bicyclic) bond motifs is 1. The zero-order chi connectivity index (χ0) is 22.2. The van der Waals surface area contributed by atoms with E-state index in [4.69, 9.17) is 39.8 Å². The highest BCUT2D eigenvalue weighted by atomic mass is 35.5. The summed E-state index contributed by atoms with van der Waals surface area (Å²) in [6.45, 7) is 0. The first-order valence-electron chi connectivity index (χ1n) is 9.36. The number of thiophene rings is 1. The third-order valence-corrected chi connectivity index (χ3v) is 7.48. The van der Waals surface area contributed by atoms with E-state index >= 15 is 0 Å². The van der Waals surface area contributed by atoms with Crippen LogP contribution in [-0.4, -0.2) is 15.9 Å². The second-order valence-electron chi connectivity index (χ2n) is 6.80. The van der Waals surface area contributed by atoms with E-state index in [0.29, 0.717) is 36.5 Å². The largest absolute Gasteiger partial charge is 0.298 e. The van der Waals surface area contributed by atoms with Crippen LogP contribution in [0.1, 0.15) is 10.4 Å². The van der Waals surface area contributed by atoms with Gasteiger partial charge in [0.2, 0.25) is 0 Å². The zero-order valence-corrected chi connectivity index (χ0v) is 20.0. The molecule has 32 heavy (non-hydrogen) atoms. The summed E-state index contributed by atoms with van der Waals surface area (Å²) in [5.41, 5.74) is 3.47. The summed E-state index contributed by atoms with van der Waals surface area (Å²) in [6, 6.07) is 18.4. The minimum atomic E-state index is -0.262. The minimum Gasteiger partial charge on any atom is -0.298 e. The minimum absolute atomic E-state index is 0.262. The third kappa shape index (κ3) is 4.25. The van der Waals surface area contributed by atoms with Gasteiger partial charge in [0.15, 0.2) is 5.13 Å². The second kappa shape index (κ2) is 8.81. The predicted molar refractivity (Wildman–Crippen MR) is 136 cm³/mol. The van der Waals surface area contributed by atoms with Gasteiger partial charge in [-0.3, -0.25) is 10.1 Å². The number of rotatable bonds is 4. The summed E-state index contributed by atoms with van der Waals surface area (Å²) >= 11 is 21.0. The topological polar surface area (TPSA) is 54.9 Å². The van der Waals surface area contributed by atoms with Crippen LogP contribution in [-0.2, 0) is 0 Å². The number of carbonyl (C=O) groups excluding carboxylic acids is 1. The number of pyridine rings is 1. The number of amides is 1. The van der Waals surface area contributed by atoms with Crippen LogP contribution in [0, 0.1) is 0 Å². The van der Waals surface area contributed by atoms with Crippen LogP contribution in [0.5, 0.6) is 0 Å². The molecule has 5 rings (SSSR count). The normalized spacial score (nSPS) is 11.1. The van der Waals surface area contributed by atoms with Crippen LogP contribution in [0.4, 0.5) is 5.13 Å². The summed E-state index contributed by atoms with van der Waals surface area (Å²) in [7, 11) is 0. The molecule has 3 aromatic heterocycles. The van der Waals surface area contributed by atoms with Crippen molar-refractivity contribution in [2.75, 3.05) is 5.32 Å². The maximum Gasteiger partial charge on any atom is 0.258 e. The van der Waals surface area contributed by atoms with Gasteiger partial charge in [0.05, 0.1) is 41.7 Å². The summed E-state index contributed by atoms with van der Waals surface area (Å²) < 4.78 is 0.665. The molecule has 0 aliphatic rings. The number of nitrogens with zero attached hydrogens (tertiary/aromatic N) is 2. The average molecular weight is 517 g/mol. The van der Waals surface area contributed by atoms with Crippen molar-refractivity contribution in [3.63, 3.8) is 0 Å². The van der Waals surface area contributed by atoms with Crippen LogP contribution in [0.2, 0.25) is 14.4 Å². The molecule has 0 aliphatic heterocycles. The van der Waals surface area contributed by atoms with Gasteiger partial charge in [0.25, 0.3) is 5.91 Å². The lowest BCUT2D eigenvalue weighted by Crippen LogP contribution is -2.13. The molecular weight excluding hydrogens is 505 g/mol. The van der Waals surface area contributed by atoms with E-state index in [-0.39, 0.29) is 5.91 Å². The molecule has 1 N–H and O–H groups in total. The van der Waals surface area contributed by atoms with Crippen molar-refractivity contribution >= 4 is 79.4 Å². The van der Waals surface area contributed by atoms with Crippen molar-refractivity contribution in [2.24, 2.45) is 0 Å². The quantitative estimate of drug-likeness (QED) is 0.261. The van der Waals surface area contributed by atoms with Crippen molar-refractivity contribution < 1.29 is 4.79 Å². The third-order valence-electron chi connectivity index (χ3n) is 4.73. The Bertz CT molecular complexity index is 1480. The highest BCUT2D eigenvalue weighted by Crippen LogP contribution is 2.33. The molecule has 5 aromatic rings. The Morgan fingerprint density at radius 2 is 1.72 bits per heavy atom. The van der Waals surface area contributed by atoms with Crippen LogP contribution in [0.3, 0.4) is 0 Å². The standard InChI is InChI=1S/C23H12Cl3N3OS2/c24-15-6-5-12(9-16(15)25)19-11-31-23(28-19)29-22(30)14-10-18(20-7-8-21(26)32-20)27-17-4-2-1-3-13(14)17/h1-11H,(H,28,29,30). The number of hydrogen-bond donors (Lipinski definition) is 1. The van der Waals surface area contributed by atoms with E-state index in [2.05, 4.69) is 10.3 Å². The number of anilines is 1. The van der Waals surface area contributed by atoms with Gasteiger partial charge in [-0.05, 0) is 36.4 Å². The predicted octanol–water partition coefficient (Wildman–Crippen LogP) is 8.30. The van der Waals surface area contributed by atoms with E-state index in [9.17, 15) is 4.79 Å². The van der Waals surface area contributed by atoms with Crippen molar-refractivity contribution in [1.29, 1.82) is 0 Å². The molecule has 0 spiro atoms. The van der Waals surface area contributed by atoms with Gasteiger partial charge in [-0.2, -0.15) is 0 Å². The number of carbonyl (C=O) groups is 1. The first-order valence-corrected chi connectivity index (χ1v) is 12.2. The molecule has 158 valence electrons. The molecule has 2 aromatic carbocycles. The van der Waals surface area contributed by atoms with Gasteiger partial charge in [0, 0.05) is 16.3 Å². The van der Waals surface area contributed by atoms with Crippen LogP contribution in [0.25, 0.3) is 32.7 Å². The highest BCUT2D eigenvalue weighted by Gasteiger charge is 2.17. The van der Waals surface area contributed by atoms with Gasteiger partial charge < -0.3 is 0 Å². The molecule has 0 saturated carbocycles. The number of nitrogens with one attached hydrogen (secondary N) is 1. The van der Waals surface area contributed by atoms with Crippen LogP contribution >= 0.6 is 57.5 Å². The lowest BCUT2D eigenvalue weighted by molar-refractivity contribution is 0.102. The molecule has 1 amide bonds. The van der Waals surface area contributed by atoms with Crippen LogP contribution in [0.15, 0.2) is 66.0 Å². The van der Waals surface area contributed by atoms with E-state index < -0.39 is 0 Å². The number of benzene rings is 2. The lowest BCUT2D eigenvalue weighted by Gasteiger charge is -2.08. The smallest absolute Gasteiger partial charge is 0.258 e. The highest BCUT2D eigenvalue weighted by molar-refractivity contribution is 7.19. The summed E-state index contributed by atoms with van der Waals surface area (Å²) in [6.07, 6.45) is 0. The molecule has 0 saturated heterocycles. The van der Waals surface area contributed by atoms with Crippen molar-refractivity contribution in [1.82, 2.24) is 9.97 Å². The van der Waals surface area contributed by atoms with E-state index in [0.717, 1.165) is 21.3 Å². The Kier molecular flexibility index (Phi) is 5.88. The van der Waals surface area contributed by atoms with Gasteiger partial charge in [-0.1, -0.05) is 59.1 Å². The summed E-state index contributed by atoms with van der Waals surface area (Å²) in [5, 5.41) is 6.94. The molecule has 0 bridgehead atoms. The maximum atomic E-state index is 13.2. The Morgan fingerprint density at radius 3 is 2.50 bits per heavy atom. The molecule has 4 nitrogen and oxygen atoms in total. The second-order valence-corrected chi connectivity index (χ2v) is 10.2. The van der Waals surface area contributed by atoms with E-state index in [1.807, 2.05) is 47.8 Å². The van der Waals surface area contributed by atoms with Gasteiger partial charge >= 0.3 is 0 Å². The molecular formula is C23H12Cl3N3OS2.